The van der Waals surface area contributed by atoms with E-state index < -0.39 is 0 Å². The van der Waals surface area contributed by atoms with Crippen LogP contribution in [0.5, 0.6) is 0 Å². The lowest BCUT2D eigenvalue weighted by molar-refractivity contribution is -0.122. The van der Waals surface area contributed by atoms with Crippen LogP contribution in [0.2, 0.25) is 0 Å². The number of carbonyl (C=O) groups is 1. The van der Waals surface area contributed by atoms with Crippen LogP contribution in [0.15, 0.2) is 88.8 Å². The molecule has 0 aliphatic rings. The molecule has 1 atom stereocenters. The molecule has 148 valence electrons. The Bertz CT molecular complexity index is 1350. The van der Waals surface area contributed by atoms with E-state index in [0.29, 0.717) is 11.1 Å². The predicted octanol–water partition coefficient (Wildman–Crippen LogP) is 2.54. The molecule has 0 fully saturated rings. The average Bonchev–Trinajstić information content (AvgIpc) is 3.37. The molecular weight excluding hydrogens is 382 g/mol. The van der Waals surface area contributed by atoms with E-state index in [4.69, 9.17) is 4.42 Å². The number of rotatable bonds is 5. The molecule has 4 heterocycles. The summed E-state index contributed by atoms with van der Waals surface area (Å²) in [5, 5.41) is 7.16. The summed E-state index contributed by atoms with van der Waals surface area (Å²) in [6.07, 6.45) is 6.43. The lowest BCUT2D eigenvalue weighted by Gasteiger charge is -2.20. The summed E-state index contributed by atoms with van der Waals surface area (Å²) in [6.45, 7) is -0.198. The van der Waals surface area contributed by atoms with Gasteiger partial charge in [-0.3, -0.25) is 19.0 Å². The summed E-state index contributed by atoms with van der Waals surface area (Å²) in [4.78, 5) is 29.7. The van der Waals surface area contributed by atoms with Crippen molar-refractivity contribution < 1.29 is 9.21 Å². The molecule has 0 bridgehead atoms. The van der Waals surface area contributed by atoms with Crippen molar-refractivity contribution in [1.82, 2.24) is 24.5 Å². The quantitative estimate of drug-likeness (QED) is 0.490. The number of pyridine rings is 1. The van der Waals surface area contributed by atoms with E-state index in [1.807, 2.05) is 42.5 Å². The first-order valence-corrected chi connectivity index (χ1v) is 9.39. The van der Waals surface area contributed by atoms with E-state index in [0.717, 1.165) is 21.3 Å². The van der Waals surface area contributed by atoms with E-state index in [-0.39, 0.29) is 24.1 Å². The number of aromatic nitrogens is 4. The summed E-state index contributed by atoms with van der Waals surface area (Å²) in [6, 6.07) is 16.4. The number of amides is 1. The minimum absolute atomic E-state index is 0.198. The van der Waals surface area contributed by atoms with Crippen molar-refractivity contribution in [2.75, 3.05) is 0 Å². The van der Waals surface area contributed by atoms with Crippen LogP contribution in [0, 0.1) is 0 Å². The summed E-state index contributed by atoms with van der Waals surface area (Å²) in [5.41, 5.74) is 3.22. The van der Waals surface area contributed by atoms with E-state index in [9.17, 15) is 9.59 Å². The van der Waals surface area contributed by atoms with Crippen LogP contribution in [-0.2, 0) is 11.3 Å². The molecule has 1 N–H and O–H groups in total. The molecule has 0 aliphatic carbocycles. The van der Waals surface area contributed by atoms with Crippen molar-refractivity contribution >= 4 is 22.5 Å². The summed E-state index contributed by atoms with van der Waals surface area (Å²) in [5.74, 6) is -0.324. The van der Waals surface area contributed by atoms with Crippen LogP contribution in [0.4, 0.5) is 0 Å². The lowest BCUT2D eigenvalue weighted by atomic mass is 10.00. The SMILES string of the molecule is O=C(Cn1ncn2c(cc3occc32)c1=O)N[C@H](c1ccccc1)c1ccncc1. The van der Waals surface area contributed by atoms with Gasteiger partial charge in [0.1, 0.15) is 18.4 Å². The molecule has 5 aromatic rings. The van der Waals surface area contributed by atoms with Gasteiger partial charge in [-0.25, -0.2) is 4.68 Å². The number of benzene rings is 1. The van der Waals surface area contributed by atoms with Gasteiger partial charge in [-0.15, -0.1) is 0 Å². The molecule has 4 aromatic heterocycles. The number of carbonyl (C=O) groups excluding carboxylic acids is 1. The largest absolute Gasteiger partial charge is 0.463 e. The Labute approximate surface area is 170 Å². The van der Waals surface area contributed by atoms with Crippen molar-refractivity contribution in [2.24, 2.45) is 0 Å². The third-order valence-electron chi connectivity index (χ3n) is 4.99. The molecular formula is C22H17N5O3. The van der Waals surface area contributed by atoms with Crippen LogP contribution in [0.1, 0.15) is 17.2 Å². The molecule has 1 aromatic carbocycles. The Morgan fingerprint density at radius 1 is 1.03 bits per heavy atom. The smallest absolute Gasteiger partial charge is 0.291 e. The van der Waals surface area contributed by atoms with Crippen molar-refractivity contribution in [3.05, 3.63) is 101 Å². The molecule has 30 heavy (non-hydrogen) atoms. The van der Waals surface area contributed by atoms with Gasteiger partial charge in [0, 0.05) is 24.5 Å². The summed E-state index contributed by atoms with van der Waals surface area (Å²) in [7, 11) is 0. The van der Waals surface area contributed by atoms with Gasteiger partial charge in [0.05, 0.1) is 17.8 Å². The fourth-order valence-corrected chi connectivity index (χ4v) is 3.55. The molecule has 0 saturated carbocycles. The zero-order valence-electron chi connectivity index (χ0n) is 15.8. The van der Waals surface area contributed by atoms with Crippen LogP contribution in [0.25, 0.3) is 16.6 Å². The molecule has 0 unspecified atom stereocenters. The van der Waals surface area contributed by atoms with Gasteiger partial charge in [0.15, 0.2) is 5.58 Å². The Morgan fingerprint density at radius 3 is 2.60 bits per heavy atom. The number of furan rings is 1. The topological polar surface area (TPSA) is 94.4 Å². The fourth-order valence-electron chi connectivity index (χ4n) is 3.55. The second kappa shape index (κ2) is 7.32. The van der Waals surface area contributed by atoms with Crippen LogP contribution >= 0.6 is 0 Å². The highest BCUT2D eigenvalue weighted by molar-refractivity contribution is 5.82. The highest BCUT2D eigenvalue weighted by atomic mass is 16.3. The van der Waals surface area contributed by atoms with E-state index >= 15 is 0 Å². The third-order valence-corrected chi connectivity index (χ3v) is 4.99. The van der Waals surface area contributed by atoms with Gasteiger partial charge < -0.3 is 9.73 Å². The van der Waals surface area contributed by atoms with Crippen molar-refractivity contribution in [2.45, 2.75) is 12.6 Å². The normalized spacial score (nSPS) is 12.3. The third kappa shape index (κ3) is 3.14. The number of nitrogens with one attached hydrogen (secondary N) is 1. The Hall–Kier alpha value is -4.20. The van der Waals surface area contributed by atoms with Gasteiger partial charge >= 0.3 is 0 Å². The summed E-state index contributed by atoms with van der Waals surface area (Å²) < 4.78 is 8.15. The standard InChI is InChI=1S/C22H17N5O3/c28-20(25-21(15-4-2-1-3-5-15)16-6-9-23-10-7-16)13-27-22(29)18-12-19-17(8-11-30-19)26(18)14-24-27/h1-12,14,21H,13H2,(H,25,28)/t21-/m1/s1. The van der Waals surface area contributed by atoms with Gasteiger partial charge in [-0.1, -0.05) is 30.3 Å². The fraction of sp³-hybridized carbons (Fsp3) is 0.0909. The van der Waals surface area contributed by atoms with Gasteiger partial charge in [0.2, 0.25) is 5.91 Å². The summed E-state index contributed by atoms with van der Waals surface area (Å²) >= 11 is 0. The molecule has 0 radical (unpaired) electrons. The second-order valence-electron chi connectivity index (χ2n) is 6.86. The molecule has 8 nitrogen and oxygen atoms in total. The molecule has 5 rings (SSSR count). The highest BCUT2D eigenvalue weighted by Crippen LogP contribution is 2.21. The first kappa shape index (κ1) is 17.9. The Balaban J connectivity index is 1.44. The van der Waals surface area contributed by atoms with E-state index in [2.05, 4.69) is 15.4 Å². The highest BCUT2D eigenvalue weighted by Gasteiger charge is 2.18. The van der Waals surface area contributed by atoms with Gasteiger partial charge in [-0.05, 0) is 23.3 Å². The minimum atomic E-state index is -0.364. The Kier molecular flexibility index (Phi) is 4.36. The van der Waals surface area contributed by atoms with Crippen molar-refractivity contribution in [3.8, 4) is 0 Å². The number of fused-ring (bicyclic) bond motifs is 3. The lowest BCUT2D eigenvalue weighted by Crippen LogP contribution is -2.36. The zero-order valence-corrected chi connectivity index (χ0v) is 15.8. The van der Waals surface area contributed by atoms with Gasteiger partial charge in [0.25, 0.3) is 5.56 Å². The predicted molar refractivity (Wildman–Crippen MR) is 110 cm³/mol. The first-order valence-electron chi connectivity index (χ1n) is 9.39. The maximum absolute atomic E-state index is 12.8. The van der Waals surface area contributed by atoms with E-state index in [1.54, 1.807) is 35.2 Å². The maximum Gasteiger partial charge on any atom is 0.291 e. The molecule has 0 saturated heterocycles. The molecule has 1 amide bonds. The number of nitrogens with zero attached hydrogens (tertiary/aromatic N) is 4. The monoisotopic (exact) mass is 399 g/mol. The minimum Gasteiger partial charge on any atom is -0.463 e. The molecule has 0 aliphatic heterocycles. The second-order valence-corrected chi connectivity index (χ2v) is 6.86. The number of hydrogen-bond acceptors (Lipinski definition) is 5. The maximum atomic E-state index is 12.8. The average molecular weight is 399 g/mol. The number of hydrogen-bond donors (Lipinski definition) is 1. The van der Waals surface area contributed by atoms with Crippen LogP contribution < -0.4 is 10.9 Å². The Morgan fingerprint density at radius 2 is 1.80 bits per heavy atom. The van der Waals surface area contributed by atoms with Gasteiger partial charge in [-0.2, -0.15) is 5.10 Å². The molecule has 8 heteroatoms. The van der Waals surface area contributed by atoms with Crippen molar-refractivity contribution in [3.63, 3.8) is 0 Å². The van der Waals surface area contributed by atoms with Crippen LogP contribution in [-0.4, -0.2) is 25.1 Å². The van der Waals surface area contributed by atoms with Crippen molar-refractivity contribution in [1.29, 1.82) is 0 Å². The van der Waals surface area contributed by atoms with E-state index in [1.165, 1.54) is 6.33 Å². The van der Waals surface area contributed by atoms with Crippen LogP contribution in [0.3, 0.4) is 0 Å². The molecule has 0 spiro atoms. The first-order chi connectivity index (χ1) is 14.7. The zero-order chi connectivity index (χ0) is 20.5.